The zero-order valence-electron chi connectivity index (χ0n) is 12.1. The average molecular weight is 375 g/mol. The number of rotatable bonds is 7. The molecular weight excluding hydrogens is 360 g/mol. The number of aromatic nitrogens is 3. The maximum atomic E-state index is 11.9. The van der Waals surface area contributed by atoms with Gasteiger partial charge in [0.05, 0.1) is 11.4 Å². The number of nitrogens with one attached hydrogen (secondary N) is 1. The van der Waals surface area contributed by atoms with Gasteiger partial charge in [-0.2, -0.15) is 0 Å². The van der Waals surface area contributed by atoms with Crippen LogP contribution in [0.3, 0.4) is 0 Å². The summed E-state index contributed by atoms with van der Waals surface area (Å²) in [5.41, 5.74) is 0.514. The van der Waals surface area contributed by atoms with Gasteiger partial charge in [0.25, 0.3) is 0 Å². The number of pyridine rings is 1. The van der Waals surface area contributed by atoms with Gasteiger partial charge in [0.15, 0.2) is 13.8 Å². The van der Waals surface area contributed by atoms with E-state index in [4.69, 9.17) is 11.6 Å². The Labute approximate surface area is 146 Å². The second-order valence-electron chi connectivity index (χ2n) is 4.72. The second kappa shape index (κ2) is 8.71. The lowest BCUT2D eigenvalue weighted by molar-refractivity contribution is -0.113. The molecule has 2 heterocycles. The molecule has 1 amide bonds. The number of hydrogen-bond donors (Lipinski definition) is 1. The Bertz CT molecular complexity index is 635. The summed E-state index contributed by atoms with van der Waals surface area (Å²) in [5.74, 6) is 1.74. The quantitative estimate of drug-likeness (QED) is 0.582. The highest BCUT2D eigenvalue weighted by Gasteiger charge is 2.10. The predicted molar refractivity (Wildman–Crippen MR) is 94.1 cm³/mol. The highest BCUT2D eigenvalue weighted by Crippen LogP contribution is 2.29. The first-order chi connectivity index (χ1) is 10.5. The number of carbonyl (C=O) groups is 1. The van der Waals surface area contributed by atoms with Crippen molar-refractivity contribution in [2.24, 2.45) is 5.92 Å². The first-order valence-corrected chi connectivity index (χ1v) is 9.70. The molecule has 0 unspecified atom stereocenters. The second-order valence-corrected chi connectivity index (χ2v) is 8.54. The van der Waals surface area contributed by atoms with Gasteiger partial charge < -0.3 is 5.32 Å². The third-order valence-electron chi connectivity index (χ3n) is 2.29. The van der Waals surface area contributed by atoms with Crippen molar-refractivity contribution in [2.45, 2.75) is 22.5 Å². The van der Waals surface area contributed by atoms with Crippen molar-refractivity contribution in [3.8, 4) is 0 Å². The van der Waals surface area contributed by atoms with E-state index < -0.39 is 0 Å². The van der Waals surface area contributed by atoms with Gasteiger partial charge in [-0.15, -0.1) is 10.2 Å². The van der Waals surface area contributed by atoms with E-state index >= 15 is 0 Å². The Hall–Kier alpha value is -0.830. The molecule has 0 spiro atoms. The molecule has 2 aromatic rings. The number of halogens is 1. The van der Waals surface area contributed by atoms with Crippen molar-refractivity contribution in [3.63, 3.8) is 0 Å². The third kappa shape index (κ3) is 5.75. The molecule has 1 N–H and O–H groups in total. The number of amides is 1. The summed E-state index contributed by atoms with van der Waals surface area (Å²) in [5, 5.41) is 11.2. The van der Waals surface area contributed by atoms with Gasteiger partial charge in [0, 0.05) is 11.9 Å². The standard InChI is InChI=1S/C13H15ClN4OS3/c1-8(2)6-20-12-17-18-13(22-12)21-7-10(19)16-9-4-3-5-15-11(9)14/h3-5,8H,6-7H2,1-2H3,(H,16,19). The first kappa shape index (κ1) is 17.5. The van der Waals surface area contributed by atoms with Crippen LogP contribution in [-0.2, 0) is 4.79 Å². The van der Waals surface area contributed by atoms with Gasteiger partial charge in [-0.3, -0.25) is 4.79 Å². The van der Waals surface area contributed by atoms with Crippen LogP contribution in [0.2, 0.25) is 5.15 Å². The molecule has 9 heteroatoms. The van der Waals surface area contributed by atoms with Crippen LogP contribution in [0.5, 0.6) is 0 Å². The molecule has 118 valence electrons. The molecule has 0 aliphatic carbocycles. The smallest absolute Gasteiger partial charge is 0.234 e. The molecular formula is C13H15ClN4OS3. The number of carbonyl (C=O) groups excluding carboxylic acids is 1. The first-order valence-electron chi connectivity index (χ1n) is 6.54. The van der Waals surface area contributed by atoms with E-state index in [2.05, 4.69) is 34.3 Å². The number of nitrogens with zero attached hydrogens (tertiary/aromatic N) is 3. The summed E-state index contributed by atoms with van der Waals surface area (Å²) in [6.45, 7) is 4.33. The Kier molecular flexibility index (Phi) is 6.94. The summed E-state index contributed by atoms with van der Waals surface area (Å²) < 4.78 is 1.73. The van der Waals surface area contributed by atoms with E-state index in [9.17, 15) is 4.79 Å². The van der Waals surface area contributed by atoms with Gasteiger partial charge in [-0.25, -0.2) is 4.98 Å². The van der Waals surface area contributed by atoms with Crippen molar-refractivity contribution in [1.29, 1.82) is 0 Å². The molecule has 2 rings (SSSR count). The fraction of sp³-hybridized carbons (Fsp3) is 0.385. The lowest BCUT2D eigenvalue weighted by atomic mass is 10.3. The van der Waals surface area contributed by atoms with Crippen LogP contribution in [0.4, 0.5) is 5.69 Å². The number of anilines is 1. The summed E-state index contributed by atoms with van der Waals surface area (Å²) >= 11 is 10.5. The largest absolute Gasteiger partial charge is 0.323 e. The van der Waals surface area contributed by atoms with Gasteiger partial charge in [-0.1, -0.05) is 60.3 Å². The van der Waals surface area contributed by atoms with Gasteiger partial charge in [-0.05, 0) is 18.1 Å². The predicted octanol–water partition coefficient (Wildman–Crippen LogP) is 4.07. The minimum Gasteiger partial charge on any atom is -0.323 e. The fourth-order valence-corrected chi connectivity index (χ4v) is 4.31. The Morgan fingerprint density at radius 1 is 1.36 bits per heavy atom. The van der Waals surface area contributed by atoms with Gasteiger partial charge >= 0.3 is 0 Å². The van der Waals surface area contributed by atoms with Crippen molar-refractivity contribution in [1.82, 2.24) is 15.2 Å². The van der Waals surface area contributed by atoms with Gasteiger partial charge in [0.1, 0.15) is 0 Å². The molecule has 0 saturated heterocycles. The highest BCUT2D eigenvalue weighted by atomic mass is 35.5. The van der Waals surface area contributed by atoms with Crippen molar-refractivity contribution in [2.75, 3.05) is 16.8 Å². The molecule has 0 saturated carbocycles. The molecule has 0 aromatic carbocycles. The Morgan fingerprint density at radius 2 is 2.09 bits per heavy atom. The topological polar surface area (TPSA) is 67.8 Å². The SMILES string of the molecule is CC(C)CSc1nnc(SCC(=O)Nc2cccnc2Cl)s1. The fourth-order valence-electron chi connectivity index (χ4n) is 1.34. The Balaban J connectivity index is 1.80. The van der Waals surface area contributed by atoms with Crippen LogP contribution in [0.25, 0.3) is 0 Å². The van der Waals surface area contributed by atoms with E-state index in [1.165, 1.54) is 23.1 Å². The molecule has 2 aromatic heterocycles. The van der Waals surface area contributed by atoms with E-state index in [0.717, 1.165) is 14.4 Å². The van der Waals surface area contributed by atoms with Crippen LogP contribution < -0.4 is 5.32 Å². The molecule has 0 aliphatic heterocycles. The molecule has 0 bridgehead atoms. The molecule has 5 nitrogen and oxygen atoms in total. The summed E-state index contributed by atoms with van der Waals surface area (Å²) in [6, 6.07) is 3.43. The van der Waals surface area contributed by atoms with Crippen LogP contribution in [0, 0.1) is 5.92 Å². The van der Waals surface area contributed by atoms with E-state index in [-0.39, 0.29) is 16.8 Å². The van der Waals surface area contributed by atoms with Crippen molar-refractivity contribution >= 4 is 58.1 Å². The average Bonchev–Trinajstić information content (AvgIpc) is 2.93. The van der Waals surface area contributed by atoms with Crippen LogP contribution in [-0.4, -0.2) is 32.6 Å². The lowest BCUT2D eigenvalue weighted by Gasteiger charge is -2.04. The van der Waals surface area contributed by atoms with E-state index in [0.29, 0.717) is 11.6 Å². The summed E-state index contributed by atoms with van der Waals surface area (Å²) in [7, 11) is 0. The van der Waals surface area contributed by atoms with Crippen molar-refractivity contribution in [3.05, 3.63) is 23.5 Å². The van der Waals surface area contributed by atoms with Crippen LogP contribution in [0.1, 0.15) is 13.8 Å². The molecule has 0 fully saturated rings. The number of hydrogen-bond acceptors (Lipinski definition) is 7. The van der Waals surface area contributed by atoms with Gasteiger partial charge in [0.2, 0.25) is 5.91 Å². The van der Waals surface area contributed by atoms with E-state index in [1.54, 1.807) is 30.1 Å². The highest BCUT2D eigenvalue weighted by molar-refractivity contribution is 8.03. The normalized spacial score (nSPS) is 10.9. The summed E-state index contributed by atoms with van der Waals surface area (Å²) in [6.07, 6.45) is 1.57. The monoisotopic (exact) mass is 374 g/mol. The molecule has 22 heavy (non-hydrogen) atoms. The minimum absolute atomic E-state index is 0.147. The maximum Gasteiger partial charge on any atom is 0.234 e. The summed E-state index contributed by atoms with van der Waals surface area (Å²) in [4.78, 5) is 15.8. The van der Waals surface area contributed by atoms with Crippen molar-refractivity contribution < 1.29 is 4.79 Å². The number of thioether (sulfide) groups is 2. The molecule has 0 radical (unpaired) electrons. The lowest BCUT2D eigenvalue weighted by Crippen LogP contribution is -2.14. The molecule has 0 aliphatic rings. The van der Waals surface area contributed by atoms with E-state index in [1.807, 2.05) is 0 Å². The zero-order chi connectivity index (χ0) is 15.9. The Morgan fingerprint density at radius 3 is 2.77 bits per heavy atom. The third-order valence-corrected chi connectivity index (χ3v) is 6.21. The molecule has 0 atom stereocenters. The van der Waals surface area contributed by atoms with Crippen LogP contribution in [0.15, 0.2) is 27.0 Å². The minimum atomic E-state index is -0.147. The zero-order valence-corrected chi connectivity index (χ0v) is 15.3. The van der Waals surface area contributed by atoms with Crippen LogP contribution >= 0.6 is 46.5 Å². The maximum absolute atomic E-state index is 11.9.